The number of carbonyl (C=O) groups is 3. The summed E-state index contributed by atoms with van der Waals surface area (Å²) in [7, 11) is 0. The van der Waals surface area contributed by atoms with Crippen LogP contribution in [-0.2, 0) is 11.3 Å². The van der Waals surface area contributed by atoms with Gasteiger partial charge >= 0.3 is 5.97 Å². The van der Waals surface area contributed by atoms with Gasteiger partial charge in [-0.1, -0.05) is 35.3 Å². The van der Waals surface area contributed by atoms with Crippen LogP contribution in [0, 0.1) is 5.82 Å². The van der Waals surface area contributed by atoms with E-state index in [-0.39, 0.29) is 22.2 Å². The van der Waals surface area contributed by atoms with Gasteiger partial charge in [0, 0.05) is 10.0 Å². The van der Waals surface area contributed by atoms with E-state index in [0.717, 1.165) is 22.7 Å². The second-order valence-corrected chi connectivity index (χ2v) is 9.38. The SMILES string of the molecule is CCOc1cc(/C=C2\SC(=O)N(Cc3ccc(F)cc3Cl)C2=O)ccc1OC(=O)c1ccc(Cl)cc1. The molecule has 0 aromatic heterocycles. The summed E-state index contributed by atoms with van der Waals surface area (Å²) in [6, 6.07) is 14.8. The summed E-state index contributed by atoms with van der Waals surface area (Å²) < 4.78 is 24.4. The molecule has 0 spiro atoms. The summed E-state index contributed by atoms with van der Waals surface area (Å²) in [5.41, 5.74) is 1.34. The van der Waals surface area contributed by atoms with Gasteiger partial charge in [0.2, 0.25) is 0 Å². The van der Waals surface area contributed by atoms with E-state index in [1.54, 1.807) is 55.5 Å². The van der Waals surface area contributed by atoms with Crippen molar-refractivity contribution >= 4 is 58.2 Å². The summed E-state index contributed by atoms with van der Waals surface area (Å²) in [4.78, 5) is 39.1. The number of carbonyl (C=O) groups excluding carboxylic acids is 3. The molecule has 2 amide bonds. The van der Waals surface area contributed by atoms with Crippen molar-refractivity contribution in [2.75, 3.05) is 6.61 Å². The highest BCUT2D eigenvalue weighted by molar-refractivity contribution is 8.18. The highest BCUT2D eigenvalue weighted by Gasteiger charge is 2.35. The van der Waals surface area contributed by atoms with Crippen LogP contribution in [-0.4, -0.2) is 28.6 Å². The maximum absolute atomic E-state index is 13.3. The van der Waals surface area contributed by atoms with E-state index in [2.05, 4.69) is 0 Å². The molecule has 0 N–H and O–H groups in total. The molecule has 1 heterocycles. The zero-order valence-corrected chi connectivity index (χ0v) is 21.1. The monoisotopic (exact) mass is 545 g/mol. The summed E-state index contributed by atoms with van der Waals surface area (Å²) in [5.74, 6) is -1.09. The zero-order chi connectivity index (χ0) is 25.8. The first-order chi connectivity index (χ1) is 17.2. The average molecular weight is 546 g/mol. The maximum Gasteiger partial charge on any atom is 0.343 e. The number of benzene rings is 3. The van der Waals surface area contributed by atoms with Gasteiger partial charge in [0.1, 0.15) is 5.82 Å². The highest BCUT2D eigenvalue weighted by Crippen LogP contribution is 2.36. The van der Waals surface area contributed by atoms with Crippen LogP contribution in [0.3, 0.4) is 0 Å². The summed E-state index contributed by atoms with van der Waals surface area (Å²) in [5, 5.41) is 0.157. The Morgan fingerprint density at radius 2 is 1.78 bits per heavy atom. The molecule has 0 radical (unpaired) electrons. The first-order valence-corrected chi connectivity index (χ1v) is 12.3. The predicted octanol–water partition coefficient (Wildman–Crippen LogP) is 6.99. The van der Waals surface area contributed by atoms with Crippen molar-refractivity contribution in [1.29, 1.82) is 0 Å². The Bertz CT molecular complexity index is 1380. The van der Waals surface area contributed by atoms with Crippen LogP contribution in [0.2, 0.25) is 10.0 Å². The Labute approximate surface area is 220 Å². The molecule has 4 rings (SSSR count). The number of esters is 1. The molecule has 184 valence electrons. The first-order valence-electron chi connectivity index (χ1n) is 10.7. The lowest BCUT2D eigenvalue weighted by Crippen LogP contribution is -2.27. The quantitative estimate of drug-likeness (QED) is 0.181. The molecule has 1 aliphatic rings. The minimum atomic E-state index is -0.582. The van der Waals surface area contributed by atoms with Crippen molar-refractivity contribution in [2.24, 2.45) is 0 Å². The van der Waals surface area contributed by atoms with Gasteiger partial charge in [-0.15, -0.1) is 0 Å². The molecule has 6 nitrogen and oxygen atoms in total. The van der Waals surface area contributed by atoms with Crippen LogP contribution in [0.4, 0.5) is 9.18 Å². The smallest absolute Gasteiger partial charge is 0.343 e. The number of nitrogens with zero attached hydrogens (tertiary/aromatic N) is 1. The predicted molar refractivity (Wildman–Crippen MR) is 137 cm³/mol. The van der Waals surface area contributed by atoms with E-state index in [1.807, 2.05) is 0 Å². The van der Waals surface area contributed by atoms with Crippen LogP contribution >= 0.6 is 35.0 Å². The second kappa shape index (κ2) is 11.2. The molecule has 10 heteroatoms. The third kappa shape index (κ3) is 5.90. The van der Waals surface area contributed by atoms with Gasteiger partial charge in [-0.3, -0.25) is 14.5 Å². The van der Waals surface area contributed by atoms with Crippen LogP contribution in [0.15, 0.2) is 65.6 Å². The molecule has 36 heavy (non-hydrogen) atoms. The van der Waals surface area contributed by atoms with Gasteiger partial charge in [0.25, 0.3) is 11.1 Å². The minimum absolute atomic E-state index is 0.0785. The molecule has 0 bridgehead atoms. The van der Waals surface area contributed by atoms with Gasteiger partial charge in [-0.2, -0.15) is 0 Å². The molecule has 3 aromatic rings. The van der Waals surface area contributed by atoms with Crippen LogP contribution in [0.25, 0.3) is 6.08 Å². The van der Waals surface area contributed by atoms with Crippen LogP contribution in [0.5, 0.6) is 11.5 Å². The third-order valence-corrected chi connectivity index (χ3v) is 6.58. The van der Waals surface area contributed by atoms with Crippen molar-refractivity contribution in [1.82, 2.24) is 4.90 Å². The number of hydrogen-bond acceptors (Lipinski definition) is 6. The molecular formula is C26H18Cl2FNO5S. The first kappa shape index (κ1) is 25.8. The van der Waals surface area contributed by atoms with Crippen molar-refractivity contribution in [3.8, 4) is 11.5 Å². The van der Waals surface area contributed by atoms with Crippen molar-refractivity contribution in [3.05, 3.63) is 98.1 Å². The van der Waals surface area contributed by atoms with Crippen molar-refractivity contribution < 1.29 is 28.2 Å². The fraction of sp³-hybridized carbons (Fsp3) is 0.115. The summed E-state index contributed by atoms with van der Waals surface area (Å²) >= 11 is 12.7. The molecule has 0 saturated carbocycles. The lowest BCUT2D eigenvalue weighted by molar-refractivity contribution is -0.123. The number of rotatable bonds is 7. The fourth-order valence-electron chi connectivity index (χ4n) is 3.32. The van der Waals surface area contributed by atoms with Crippen molar-refractivity contribution in [3.63, 3.8) is 0 Å². The van der Waals surface area contributed by atoms with Gasteiger partial charge in [0.15, 0.2) is 11.5 Å². The Morgan fingerprint density at radius 1 is 1.03 bits per heavy atom. The number of hydrogen-bond donors (Lipinski definition) is 0. The van der Waals surface area contributed by atoms with E-state index in [1.165, 1.54) is 12.1 Å². The minimum Gasteiger partial charge on any atom is -0.490 e. The van der Waals surface area contributed by atoms with E-state index in [9.17, 15) is 18.8 Å². The number of imide groups is 1. The Balaban J connectivity index is 1.54. The maximum atomic E-state index is 13.3. The summed E-state index contributed by atoms with van der Waals surface area (Å²) in [6.07, 6.45) is 1.55. The number of halogens is 3. The Kier molecular flexibility index (Phi) is 7.98. The van der Waals surface area contributed by atoms with E-state index in [0.29, 0.717) is 34.1 Å². The van der Waals surface area contributed by atoms with Gasteiger partial charge in [0.05, 0.1) is 23.6 Å². The molecule has 1 saturated heterocycles. The number of ether oxygens (including phenoxy) is 2. The topological polar surface area (TPSA) is 72.9 Å². The second-order valence-electron chi connectivity index (χ2n) is 7.54. The Hall–Kier alpha value is -3.33. The normalized spacial score (nSPS) is 14.4. The van der Waals surface area contributed by atoms with E-state index < -0.39 is 22.9 Å². The lowest BCUT2D eigenvalue weighted by Gasteiger charge is -2.13. The molecular weight excluding hydrogens is 528 g/mol. The summed E-state index contributed by atoms with van der Waals surface area (Å²) in [6.45, 7) is 2.01. The lowest BCUT2D eigenvalue weighted by atomic mass is 10.1. The van der Waals surface area contributed by atoms with E-state index in [4.69, 9.17) is 32.7 Å². The van der Waals surface area contributed by atoms with E-state index >= 15 is 0 Å². The standard InChI is InChI=1S/C26H18Cl2FNO5S/c1-2-34-22-11-15(3-10-21(22)35-25(32)16-4-7-18(27)8-5-16)12-23-24(31)30(26(33)36-23)14-17-6-9-19(29)13-20(17)28/h3-13H,2,14H2,1H3/b23-12-. The molecule has 1 aliphatic heterocycles. The Morgan fingerprint density at radius 3 is 2.47 bits per heavy atom. The molecule has 3 aromatic carbocycles. The largest absolute Gasteiger partial charge is 0.490 e. The highest BCUT2D eigenvalue weighted by atomic mass is 35.5. The van der Waals surface area contributed by atoms with Crippen molar-refractivity contribution in [2.45, 2.75) is 13.5 Å². The third-order valence-electron chi connectivity index (χ3n) is 5.07. The van der Waals surface area contributed by atoms with Crippen LogP contribution in [0.1, 0.15) is 28.4 Å². The average Bonchev–Trinajstić information content (AvgIpc) is 3.10. The molecule has 1 fully saturated rings. The molecule has 0 unspecified atom stereocenters. The zero-order valence-electron chi connectivity index (χ0n) is 18.8. The van der Waals surface area contributed by atoms with Gasteiger partial charge in [-0.25, -0.2) is 9.18 Å². The molecule has 0 atom stereocenters. The number of amides is 2. The molecule has 0 aliphatic carbocycles. The van der Waals surface area contributed by atoms with Gasteiger partial charge in [-0.05, 0) is 84.4 Å². The number of thioether (sulfide) groups is 1. The fourth-order valence-corrected chi connectivity index (χ4v) is 4.51. The van der Waals surface area contributed by atoms with Crippen LogP contribution < -0.4 is 9.47 Å². The van der Waals surface area contributed by atoms with Gasteiger partial charge < -0.3 is 9.47 Å².